The number of phenols is 1. The van der Waals surface area contributed by atoms with E-state index < -0.39 is 0 Å². The molecule has 0 radical (unpaired) electrons. The molecule has 3 rings (SSSR count). The molecule has 0 fully saturated rings. The Morgan fingerprint density at radius 3 is 2.70 bits per heavy atom. The van der Waals surface area contributed by atoms with Crippen molar-refractivity contribution in [3.05, 3.63) is 66.0 Å². The van der Waals surface area contributed by atoms with Crippen LogP contribution >= 0.6 is 0 Å². The number of phenolic OH excluding ortho intramolecular Hbond substituents is 1. The third-order valence-electron chi connectivity index (χ3n) is 3.25. The van der Waals surface area contributed by atoms with Gasteiger partial charge in [0.05, 0.1) is 5.69 Å². The number of rotatable bonds is 4. The minimum absolute atomic E-state index is 0.315. The zero-order valence-corrected chi connectivity index (χ0v) is 11.0. The summed E-state index contributed by atoms with van der Waals surface area (Å²) >= 11 is 0. The van der Waals surface area contributed by atoms with Gasteiger partial charge in [0, 0.05) is 24.8 Å². The fourth-order valence-corrected chi connectivity index (χ4v) is 2.25. The summed E-state index contributed by atoms with van der Waals surface area (Å²) in [6.45, 7) is 1.21. The molecule has 0 spiro atoms. The van der Waals surface area contributed by atoms with Crippen molar-refractivity contribution in [2.24, 2.45) is 0 Å². The highest BCUT2D eigenvalue weighted by molar-refractivity contribution is 5.87. The number of hydrogen-bond acceptors (Lipinski definition) is 4. The van der Waals surface area contributed by atoms with E-state index in [-0.39, 0.29) is 0 Å². The predicted octanol–water partition coefficient (Wildman–Crippen LogP) is 2.63. The number of benzene rings is 2. The summed E-state index contributed by atoms with van der Waals surface area (Å²) in [6, 6.07) is 15.5. The van der Waals surface area contributed by atoms with Gasteiger partial charge in [-0.05, 0) is 29.0 Å². The molecule has 0 unspecified atom stereocenters. The van der Waals surface area contributed by atoms with Gasteiger partial charge in [0.2, 0.25) is 0 Å². The number of nitrogens with one attached hydrogen (secondary N) is 1. The molecule has 0 saturated carbocycles. The lowest BCUT2D eigenvalue weighted by molar-refractivity contribution is 0.465. The molecule has 0 aliphatic carbocycles. The first-order valence-electron chi connectivity index (χ1n) is 6.51. The third-order valence-corrected chi connectivity index (χ3v) is 3.25. The Bertz CT molecular complexity index is 713. The van der Waals surface area contributed by atoms with Crippen molar-refractivity contribution in [2.45, 2.75) is 13.1 Å². The molecule has 2 N–H and O–H groups in total. The van der Waals surface area contributed by atoms with Gasteiger partial charge < -0.3 is 10.4 Å². The molecular weight excluding hydrogens is 250 g/mol. The molecule has 0 aliphatic rings. The van der Waals surface area contributed by atoms with Gasteiger partial charge in [0.25, 0.3) is 0 Å². The number of hydrogen-bond donors (Lipinski definition) is 2. The van der Waals surface area contributed by atoms with Crippen molar-refractivity contribution < 1.29 is 5.11 Å². The average molecular weight is 265 g/mol. The summed E-state index contributed by atoms with van der Waals surface area (Å²) in [7, 11) is 0. The lowest BCUT2D eigenvalue weighted by atomic mass is 10.0. The van der Waals surface area contributed by atoms with E-state index in [4.69, 9.17) is 0 Å². The average Bonchev–Trinajstić information content (AvgIpc) is 2.50. The third kappa shape index (κ3) is 2.60. The fourth-order valence-electron chi connectivity index (χ4n) is 2.25. The van der Waals surface area contributed by atoms with Crippen molar-refractivity contribution in [3.63, 3.8) is 0 Å². The molecule has 1 heterocycles. The topological polar surface area (TPSA) is 58.0 Å². The van der Waals surface area contributed by atoms with E-state index in [9.17, 15) is 5.11 Å². The molecule has 0 amide bonds. The summed E-state index contributed by atoms with van der Waals surface area (Å²) in [4.78, 5) is 0. The molecule has 4 heteroatoms. The van der Waals surface area contributed by atoms with Crippen LogP contribution in [0.15, 0.2) is 54.7 Å². The first kappa shape index (κ1) is 12.6. The molecular formula is C16H15N3O. The monoisotopic (exact) mass is 265 g/mol. The minimum Gasteiger partial charge on any atom is -0.508 e. The molecule has 0 saturated heterocycles. The first-order valence-corrected chi connectivity index (χ1v) is 6.51. The second kappa shape index (κ2) is 5.67. The van der Waals surface area contributed by atoms with Crippen LogP contribution in [-0.4, -0.2) is 15.3 Å². The Morgan fingerprint density at radius 2 is 1.85 bits per heavy atom. The minimum atomic E-state index is 0.315. The van der Waals surface area contributed by atoms with Gasteiger partial charge >= 0.3 is 0 Å². The van der Waals surface area contributed by atoms with Gasteiger partial charge in [-0.25, -0.2) is 0 Å². The quantitative estimate of drug-likeness (QED) is 0.761. The molecule has 0 aliphatic heterocycles. The summed E-state index contributed by atoms with van der Waals surface area (Å²) in [5, 5.41) is 23.4. The number of fused-ring (bicyclic) bond motifs is 1. The molecule has 20 heavy (non-hydrogen) atoms. The first-order chi connectivity index (χ1) is 9.84. The molecule has 0 bridgehead atoms. The Morgan fingerprint density at radius 1 is 0.950 bits per heavy atom. The Balaban J connectivity index is 1.79. The smallest absolute Gasteiger partial charge is 0.120 e. The van der Waals surface area contributed by atoms with Crippen LogP contribution in [0.1, 0.15) is 11.3 Å². The van der Waals surface area contributed by atoms with E-state index in [2.05, 4.69) is 15.5 Å². The van der Waals surface area contributed by atoms with E-state index >= 15 is 0 Å². The summed E-state index contributed by atoms with van der Waals surface area (Å²) < 4.78 is 0. The maximum absolute atomic E-state index is 10.0. The molecule has 3 aromatic rings. The van der Waals surface area contributed by atoms with Crippen LogP contribution < -0.4 is 5.32 Å². The van der Waals surface area contributed by atoms with Crippen LogP contribution in [0, 0.1) is 0 Å². The lowest BCUT2D eigenvalue weighted by Gasteiger charge is -2.10. The summed E-state index contributed by atoms with van der Waals surface area (Å²) in [5.74, 6) is 0.315. The van der Waals surface area contributed by atoms with Gasteiger partial charge in [-0.15, -0.1) is 0 Å². The normalized spacial score (nSPS) is 10.8. The van der Waals surface area contributed by atoms with Crippen molar-refractivity contribution in [1.29, 1.82) is 0 Å². The van der Waals surface area contributed by atoms with Crippen molar-refractivity contribution in [3.8, 4) is 5.75 Å². The lowest BCUT2D eigenvalue weighted by Crippen LogP contribution is -2.14. The number of nitrogens with zero attached hydrogens (tertiary/aromatic N) is 2. The van der Waals surface area contributed by atoms with Crippen molar-refractivity contribution in [2.75, 3.05) is 0 Å². The zero-order valence-electron chi connectivity index (χ0n) is 11.0. The molecule has 1 aromatic heterocycles. The van der Waals surface area contributed by atoms with Crippen LogP contribution in [0.5, 0.6) is 5.75 Å². The molecule has 100 valence electrons. The molecule has 0 atom stereocenters. The maximum Gasteiger partial charge on any atom is 0.120 e. The van der Waals surface area contributed by atoms with Gasteiger partial charge in [0.1, 0.15) is 5.75 Å². The Kier molecular flexibility index (Phi) is 3.56. The van der Waals surface area contributed by atoms with Crippen LogP contribution in [0.25, 0.3) is 10.8 Å². The van der Waals surface area contributed by atoms with E-state index in [1.54, 1.807) is 12.3 Å². The van der Waals surface area contributed by atoms with Gasteiger partial charge in [-0.1, -0.05) is 30.3 Å². The van der Waals surface area contributed by atoms with Crippen molar-refractivity contribution in [1.82, 2.24) is 15.5 Å². The van der Waals surface area contributed by atoms with Crippen LogP contribution in [0.4, 0.5) is 0 Å². The van der Waals surface area contributed by atoms with Gasteiger partial charge in [-0.2, -0.15) is 10.2 Å². The zero-order chi connectivity index (χ0) is 13.8. The van der Waals surface area contributed by atoms with Crippen LogP contribution in [0.3, 0.4) is 0 Å². The van der Waals surface area contributed by atoms with Crippen LogP contribution in [0.2, 0.25) is 0 Å². The van der Waals surface area contributed by atoms with E-state index in [1.807, 2.05) is 42.5 Å². The second-order valence-corrected chi connectivity index (χ2v) is 4.60. The molecule has 4 nitrogen and oxygen atoms in total. The van der Waals surface area contributed by atoms with E-state index in [1.165, 1.54) is 0 Å². The second-order valence-electron chi connectivity index (χ2n) is 4.60. The molecule has 2 aromatic carbocycles. The SMILES string of the molecule is Oc1ccc2ccccc2c1CNCc1cccnn1. The number of aromatic hydroxyl groups is 1. The van der Waals surface area contributed by atoms with E-state index in [0.29, 0.717) is 18.8 Å². The Labute approximate surface area is 117 Å². The number of aromatic nitrogens is 2. The summed E-state index contributed by atoms with van der Waals surface area (Å²) in [5.41, 5.74) is 1.79. The van der Waals surface area contributed by atoms with Crippen LogP contribution in [-0.2, 0) is 13.1 Å². The fraction of sp³-hybridized carbons (Fsp3) is 0.125. The highest BCUT2D eigenvalue weighted by Gasteiger charge is 2.06. The Hall–Kier alpha value is -2.46. The van der Waals surface area contributed by atoms with Crippen molar-refractivity contribution >= 4 is 10.8 Å². The highest BCUT2D eigenvalue weighted by Crippen LogP contribution is 2.26. The standard InChI is InChI=1S/C16H15N3O/c20-16-8-7-12-4-1-2-6-14(12)15(16)11-17-10-13-5-3-9-18-19-13/h1-9,17,20H,10-11H2. The van der Waals surface area contributed by atoms with E-state index in [0.717, 1.165) is 22.0 Å². The van der Waals surface area contributed by atoms with Gasteiger partial charge in [0.15, 0.2) is 0 Å². The van der Waals surface area contributed by atoms with Gasteiger partial charge in [-0.3, -0.25) is 0 Å². The highest BCUT2D eigenvalue weighted by atomic mass is 16.3. The maximum atomic E-state index is 10.0. The summed E-state index contributed by atoms with van der Waals surface area (Å²) in [6.07, 6.45) is 1.65. The predicted molar refractivity (Wildman–Crippen MR) is 78.2 cm³/mol. The largest absolute Gasteiger partial charge is 0.508 e.